The van der Waals surface area contributed by atoms with Crippen LogP contribution in [0.5, 0.6) is 0 Å². The third kappa shape index (κ3) is 3.45. The molecule has 0 saturated carbocycles. The lowest BCUT2D eigenvalue weighted by Gasteiger charge is -2.22. The Morgan fingerprint density at radius 2 is 1.85 bits per heavy atom. The number of hydrogen-bond acceptors (Lipinski definition) is 2. The topological polar surface area (TPSA) is 42.0 Å². The van der Waals surface area contributed by atoms with Crippen molar-refractivity contribution in [1.29, 1.82) is 0 Å². The van der Waals surface area contributed by atoms with Gasteiger partial charge in [0.15, 0.2) is 0 Å². The van der Waals surface area contributed by atoms with Crippen LogP contribution in [0.25, 0.3) is 0 Å². The Morgan fingerprint density at radius 3 is 2.45 bits per heavy atom. The zero-order valence-electron chi connectivity index (χ0n) is 11.8. The summed E-state index contributed by atoms with van der Waals surface area (Å²) in [6, 6.07) is 11.3. The number of carbonyl (C=O) groups is 1. The monoisotopic (exact) mass is 332 g/mol. The first kappa shape index (κ1) is 14.7. The van der Waals surface area contributed by atoms with Crippen LogP contribution in [0.15, 0.2) is 47.1 Å². The van der Waals surface area contributed by atoms with Crippen LogP contribution in [0, 0.1) is 0 Å². The van der Waals surface area contributed by atoms with Crippen molar-refractivity contribution in [1.82, 2.24) is 4.98 Å². The van der Waals surface area contributed by atoms with Gasteiger partial charge in [0.2, 0.25) is 0 Å². The van der Waals surface area contributed by atoms with E-state index in [1.54, 1.807) is 18.3 Å². The van der Waals surface area contributed by atoms with Crippen molar-refractivity contribution in [3.63, 3.8) is 0 Å². The number of nitrogens with one attached hydrogen (secondary N) is 1. The van der Waals surface area contributed by atoms with E-state index in [0.717, 1.165) is 15.7 Å². The van der Waals surface area contributed by atoms with Crippen LogP contribution in [0.3, 0.4) is 0 Å². The van der Waals surface area contributed by atoms with Crippen molar-refractivity contribution in [3.05, 3.63) is 58.3 Å². The Kier molecular flexibility index (Phi) is 4.23. The molecule has 0 aliphatic carbocycles. The quantitative estimate of drug-likeness (QED) is 0.885. The lowest BCUT2D eigenvalue weighted by Crippen LogP contribution is -2.19. The molecule has 0 unspecified atom stereocenters. The molecule has 0 spiro atoms. The van der Waals surface area contributed by atoms with Crippen molar-refractivity contribution in [3.8, 4) is 0 Å². The van der Waals surface area contributed by atoms with Gasteiger partial charge in [-0.2, -0.15) is 0 Å². The van der Waals surface area contributed by atoms with Gasteiger partial charge in [-0.3, -0.25) is 4.79 Å². The summed E-state index contributed by atoms with van der Waals surface area (Å²) in [5.41, 5.74) is 2.30. The van der Waals surface area contributed by atoms with Gasteiger partial charge in [-0.05, 0) is 45.1 Å². The highest BCUT2D eigenvalue weighted by Crippen LogP contribution is 2.29. The molecular weight excluding hydrogens is 316 g/mol. The predicted octanol–water partition coefficient (Wildman–Crippen LogP) is 4.39. The smallest absolute Gasteiger partial charge is 0.274 e. The average Bonchev–Trinajstić information content (AvgIpc) is 2.38. The van der Waals surface area contributed by atoms with Crippen molar-refractivity contribution in [2.75, 3.05) is 5.32 Å². The number of aromatic nitrogens is 1. The molecule has 0 atom stereocenters. The van der Waals surface area contributed by atoms with Crippen LogP contribution in [0.1, 0.15) is 36.8 Å². The van der Waals surface area contributed by atoms with Gasteiger partial charge in [0.1, 0.15) is 5.69 Å². The molecule has 2 rings (SSSR count). The molecule has 1 N–H and O–H groups in total. The van der Waals surface area contributed by atoms with Gasteiger partial charge < -0.3 is 5.32 Å². The van der Waals surface area contributed by atoms with E-state index < -0.39 is 0 Å². The van der Waals surface area contributed by atoms with Crippen molar-refractivity contribution >= 4 is 27.5 Å². The van der Waals surface area contributed by atoms with Crippen LogP contribution in [0.2, 0.25) is 0 Å². The van der Waals surface area contributed by atoms with Gasteiger partial charge in [0.05, 0.1) is 0 Å². The molecule has 0 aliphatic heterocycles. The van der Waals surface area contributed by atoms with Crippen molar-refractivity contribution in [2.45, 2.75) is 26.2 Å². The second-order valence-electron chi connectivity index (χ2n) is 5.61. The molecule has 3 nitrogen and oxygen atoms in total. The maximum atomic E-state index is 12.2. The first-order chi connectivity index (χ1) is 9.38. The van der Waals surface area contributed by atoms with Gasteiger partial charge in [0.25, 0.3) is 5.91 Å². The molecule has 0 saturated heterocycles. The van der Waals surface area contributed by atoms with Gasteiger partial charge in [-0.15, -0.1) is 0 Å². The summed E-state index contributed by atoms with van der Waals surface area (Å²) >= 11 is 3.30. The largest absolute Gasteiger partial charge is 0.320 e. The second kappa shape index (κ2) is 5.75. The molecule has 4 heteroatoms. The number of pyridine rings is 1. The number of nitrogens with zero attached hydrogens (tertiary/aromatic N) is 1. The molecule has 2 aromatic rings. The fraction of sp³-hybridized carbons (Fsp3) is 0.250. The number of benzene rings is 1. The van der Waals surface area contributed by atoms with Crippen molar-refractivity contribution < 1.29 is 4.79 Å². The van der Waals surface area contributed by atoms with Gasteiger partial charge in [0, 0.05) is 16.4 Å². The normalized spacial score (nSPS) is 11.2. The summed E-state index contributed by atoms with van der Waals surface area (Å²) in [5.74, 6) is -0.200. The Balaban J connectivity index is 2.26. The predicted molar refractivity (Wildman–Crippen MR) is 85.0 cm³/mol. The minimum absolute atomic E-state index is 0.0307. The van der Waals surface area contributed by atoms with Gasteiger partial charge in [-0.25, -0.2) is 4.98 Å². The molecule has 0 radical (unpaired) electrons. The van der Waals surface area contributed by atoms with Crippen molar-refractivity contribution in [2.24, 2.45) is 0 Å². The SMILES string of the molecule is CC(C)(C)c1ccccc1NC(=O)c1ccc(Br)cn1. The standard InChI is InChI=1S/C16H17BrN2O/c1-16(2,3)12-6-4-5-7-13(12)19-15(20)14-9-8-11(17)10-18-14/h4-10H,1-3H3,(H,19,20). The molecular formula is C16H17BrN2O. The molecule has 1 heterocycles. The summed E-state index contributed by atoms with van der Waals surface area (Å²) in [5, 5.41) is 2.94. The number of hydrogen-bond donors (Lipinski definition) is 1. The molecule has 0 bridgehead atoms. The first-order valence-electron chi connectivity index (χ1n) is 6.40. The number of anilines is 1. The molecule has 0 fully saturated rings. The number of para-hydroxylation sites is 1. The summed E-state index contributed by atoms with van der Waals surface area (Å²) in [6.45, 7) is 6.36. The molecule has 0 aliphatic rings. The van der Waals surface area contributed by atoms with E-state index in [2.05, 4.69) is 47.0 Å². The van der Waals surface area contributed by atoms with E-state index in [0.29, 0.717) is 5.69 Å². The highest BCUT2D eigenvalue weighted by atomic mass is 79.9. The highest BCUT2D eigenvalue weighted by Gasteiger charge is 2.19. The number of amides is 1. The lowest BCUT2D eigenvalue weighted by atomic mass is 9.86. The average molecular weight is 333 g/mol. The Hall–Kier alpha value is -1.68. The first-order valence-corrected chi connectivity index (χ1v) is 7.19. The summed E-state index contributed by atoms with van der Waals surface area (Å²) in [6.07, 6.45) is 1.62. The number of halogens is 1. The molecule has 1 aromatic carbocycles. The number of rotatable bonds is 2. The van der Waals surface area contributed by atoms with Crippen LogP contribution < -0.4 is 5.32 Å². The number of carbonyl (C=O) groups excluding carboxylic acids is 1. The zero-order chi connectivity index (χ0) is 14.8. The fourth-order valence-corrected chi connectivity index (χ4v) is 2.18. The minimum atomic E-state index is -0.200. The van der Waals surface area contributed by atoms with Crippen LogP contribution in [-0.2, 0) is 5.41 Å². The van der Waals surface area contributed by atoms with Crippen LogP contribution >= 0.6 is 15.9 Å². The maximum absolute atomic E-state index is 12.2. The lowest BCUT2D eigenvalue weighted by molar-refractivity contribution is 0.102. The summed E-state index contributed by atoms with van der Waals surface area (Å²) < 4.78 is 0.851. The Labute approximate surface area is 127 Å². The third-order valence-corrected chi connectivity index (χ3v) is 3.41. The summed E-state index contributed by atoms with van der Waals surface area (Å²) in [4.78, 5) is 16.3. The van der Waals surface area contributed by atoms with E-state index in [1.165, 1.54) is 0 Å². The molecule has 1 amide bonds. The molecule has 104 valence electrons. The van der Waals surface area contributed by atoms with Crippen LogP contribution in [-0.4, -0.2) is 10.9 Å². The second-order valence-corrected chi connectivity index (χ2v) is 6.53. The zero-order valence-corrected chi connectivity index (χ0v) is 13.4. The fourth-order valence-electron chi connectivity index (χ4n) is 1.94. The minimum Gasteiger partial charge on any atom is -0.320 e. The molecule has 1 aromatic heterocycles. The van der Waals surface area contributed by atoms with E-state index in [-0.39, 0.29) is 11.3 Å². The Bertz CT molecular complexity index is 615. The van der Waals surface area contributed by atoms with E-state index in [1.807, 2.05) is 24.3 Å². The summed E-state index contributed by atoms with van der Waals surface area (Å²) in [7, 11) is 0. The highest BCUT2D eigenvalue weighted by molar-refractivity contribution is 9.10. The van der Waals surface area contributed by atoms with E-state index >= 15 is 0 Å². The van der Waals surface area contributed by atoms with Gasteiger partial charge >= 0.3 is 0 Å². The van der Waals surface area contributed by atoms with E-state index in [4.69, 9.17) is 0 Å². The van der Waals surface area contributed by atoms with Gasteiger partial charge in [-0.1, -0.05) is 39.0 Å². The third-order valence-electron chi connectivity index (χ3n) is 2.94. The van der Waals surface area contributed by atoms with Crippen LogP contribution in [0.4, 0.5) is 5.69 Å². The van der Waals surface area contributed by atoms with E-state index in [9.17, 15) is 4.79 Å². The molecule has 20 heavy (non-hydrogen) atoms. The Morgan fingerprint density at radius 1 is 1.15 bits per heavy atom. The maximum Gasteiger partial charge on any atom is 0.274 e.